The fourth-order valence-electron chi connectivity index (χ4n) is 9.89. The van der Waals surface area contributed by atoms with E-state index in [0.717, 1.165) is 50.1 Å². The number of anilines is 3. The molecule has 288 valence electrons. The first-order chi connectivity index (χ1) is 30.0. The summed E-state index contributed by atoms with van der Waals surface area (Å²) >= 11 is 0. The van der Waals surface area contributed by atoms with Gasteiger partial charge < -0.3 is 9.47 Å². The van der Waals surface area contributed by atoms with E-state index in [0.29, 0.717) is 5.82 Å². The zero-order valence-electron chi connectivity index (χ0n) is 33.9. The fraction of sp³-hybridized carbons (Fsp3) is 0.0526. The van der Waals surface area contributed by atoms with Crippen LogP contribution in [0, 0.1) is 0 Å². The van der Waals surface area contributed by atoms with Gasteiger partial charge in [-0.25, -0.2) is 9.97 Å². The Morgan fingerprint density at radius 2 is 1.10 bits per heavy atom. The summed E-state index contributed by atoms with van der Waals surface area (Å²) in [5.41, 5.74) is 15.6. The van der Waals surface area contributed by atoms with Crippen molar-refractivity contribution in [1.82, 2.24) is 14.5 Å². The van der Waals surface area contributed by atoms with E-state index < -0.39 is 0 Å². The summed E-state index contributed by atoms with van der Waals surface area (Å²) in [6.45, 7) is 4.71. The molecule has 4 heteroatoms. The van der Waals surface area contributed by atoms with Crippen LogP contribution in [0.5, 0.6) is 0 Å². The number of fused-ring (bicyclic) bond motifs is 8. The highest BCUT2D eigenvalue weighted by molar-refractivity contribution is 6.25. The molecule has 0 atom stereocenters. The van der Waals surface area contributed by atoms with E-state index >= 15 is 0 Å². The van der Waals surface area contributed by atoms with Gasteiger partial charge in [0.15, 0.2) is 5.82 Å². The molecule has 0 amide bonds. The van der Waals surface area contributed by atoms with Crippen LogP contribution in [-0.2, 0) is 5.41 Å². The van der Waals surface area contributed by atoms with Crippen molar-refractivity contribution >= 4 is 60.5 Å². The van der Waals surface area contributed by atoms with Gasteiger partial charge in [-0.2, -0.15) is 0 Å². The minimum atomic E-state index is -0.185. The molecule has 0 spiro atoms. The van der Waals surface area contributed by atoms with Gasteiger partial charge in [-0.15, -0.1) is 0 Å². The van der Waals surface area contributed by atoms with E-state index in [2.05, 4.69) is 217 Å². The molecule has 1 aliphatic rings. The fourth-order valence-corrected chi connectivity index (χ4v) is 9.89. The zero-order chi connectivity index (χ0) is 40.7. The molecule has 4 nitrogen and oxygen atoms in total. The zero-order valence-corrected chi connectivity index (χ0v) is 33.9. The predicted molar refractivity (Wildman–Crippen MR) is 255 cm³/mol. The Bertz CT molecular complexity index is 3510. The van der Waals surface area contributed by atoms with Gasteiger partial charge in [0, 0.05) is 44.1 Å². The number of benzene rings is 9. The molecular formula is C57H40N4. The van der Waals surface area contributed by atoms with Gasteiger partial charge in [0.05, 0.1) is 33.6 Å². The number of para-hydroxylation sites is 3. The lowest BCUT2D eigenvalue weighted by Gasteiger charge is -2.42. The number of nitrogens with zero attached hydrogens (tertiary/aromatic N) is 4. The van der Waals surface area contributed by atoms with Gasteiger partial charge in [-0.3, -0.25) is 0 Å². The van der Waals surface area contributed by atoms with Crippen molar-refractivity contribution in [2.24, 2.45) is 0 Å². The summed E-state index contributed by atoms with van der Waals surface area (Å²) in [5, 5.41) is 5.96. The van der Waals surface area contributed by atoms with Crippen LogP contribution in [0.4, 0.5) is 17.1 Å². The van der Waals surface area contributed by atoms with Crippen molar-refractivity contribution in [2.45, 2.75) is 19.3 Å². The molecule has 2 aromatic heterocycles. The number of hydrogen-bond donors (Lipinski definition) is 0. The van der Waals surface area contributed by atoms with Gasteiger partial charge in [0.2, 0.25) is 0 Å². The van der Waals surface area contributed by atoms with Crippen molar-refractivity contribution in [2.75, 3.05) is 4.90 Å². The van der Waals surface area contributed by atoms with E-state index in [9.17, 15) is 0 Å². The van der Waals surface area contributed by atoms with E-state index in [1.54, 1.807) is 0 Å². The third-order valence-electron chi connectivity index (χ3n) is 12.7. The Labute approximate surface area is 354 Å². The standard InChI is InChI=1S/C57H40N4/c1-57(2)46-27-12-14-29-49(46)60(41-21-7-4-8-22-41)52-36-39(31-33-47(52)57)44-26-16-30-50-54(44)53-43-24-10-9-17-37(43)32-34-51(53)61(50)42-23-15-20-40(35-42)56-58-48-28-13-11-25-45(48)55(59-56)38-18-5-3-6-19-38/h3-36H,1-2H3. The van der Waals surface area contributed by atoms with E-state index in [4.69, 9.17) is 9.97 Å². The highest BCUT2D eigenvalue weighted by Gasteiger charge is 2.37. The van der Waals surface area contributed by atoms with Crippen LogP contribution in [0.1, 0.15) is 25.0 Å². The molecule has 0 unspecified atom stereocenters. The topological polar surface area (TPSA) is 34.0 Å². The normalized spacial score (nSPS) is 13.2. The third-order valence-corrected chi connectivity index (χ3v) is 12.7. The van der Waals surface area contributed by atoms with E-state index in [1.165, 1.54) is 55.2 Å². The number of aromatic nitrogens is 3. The second-order valence-corrected chi connectivity index (χ2v) is 16.6. The van der Waals surface area contributed by atoms with Crippen LogP contribution in [0.3, 0.4) is 0 Å². The van der Waals surface area contributed by atoms with E-state index in [-0.39, 0.29) is 5.41 Å². The summed E-state index contributed by atoms with van der Waals surface area (Å²) in [6.07, 6.45) is 0. The molecule has 0 radical (unpaired) electrons. The first-order valence-corrected chi connectivity index (χ1v) is 21.0. The van der Waals surface area contributed by atoms with Gasteiger partial charge >= 0.3 is 0 Å². The Kier molecular flexibility index (Phi) is 7.85. The molecule has 0 bridgehead atoms. The molecule has 9 aromatic carbocycles. The molecule has 0 fully saturated rings. The van der Waals surface area contributed by atoms with Crippen molar-refractivity contribution < 1.29 is 0 Å². The number of hydrogen-bond acceptors (Lipinski definition) is 3. The molecule has 1 aliphatic heterocycles. The maximum atomic E-state index is 5.25. The van der Waals surface area contributed by atoms with E-state index in [1.807, 2.05) is 12.1 Å². The summed E-state index contributed by atoms with van der Waals surface area (Å²) in [4.78, 5) is 12.8. The maximum absolute atomic E-state index is 5.25. The van der Waals surface area contributed by atoms with Crippen LogP contribution in [0.2, 0.25) is 0 Å². The van der Waals surface area contributed by atoms with Gasteiger partial charge in [0.1, 0.15) is 0 Å². The van der Waals surface area contributed by atoms with Gasteiger partial charge in [0.25, 0.3) is 0 Å². The monoisotopic (exact) mass is 780 g/mol. The molecular weight excluding hydrogens is 741 g/mol. The van der Waals surface area contributed by atoms with Crippen LogP contribution in [0.15, 0.2) is 206 Å². The molecule has 11 aromatic rings. The lowest BCUT2D eigenvalue weighted by molar-refractivity contribution is 0.632. The second kappa shape index (κ2) is 13.6. The lowest BCUT2D eigenvalue weighted by Crippen LogP contribution is -2.30. The second-order valence-electron chi connectivity index (χ2n) is 16.6. The average Bonchev–Trinajstić information content (AvgIpc) is 3.67. The average molecular weight is 781 g/mol. The molecule has 12 rings (SSSR count). The van der Waals surface area contributed by atoms with Crippen LogP contribution in [-0.4, -0.2) is 14.5 Å². The Hall–Kier alpha value is -7.82. The molecule has 3 heterocycles. The van der Waals surface area contributed by atoms with Crippen molar-refractivity contribution in [3.8, 4) is 39.5 Å². The smallest absolute Gasteiger partial charge is 0.160 e. The summed E-state index contributed by atoms with van der Waals surface area (Å²) < 4.78 is 2.43. The van der Waals surface area contributed by atoms with Crippen LogP contribution >= 0.6 is 0 Å². The molecule has 0 aliphatic carbocycles. The molecule has 61 heavy (non-hydrogen) atoms. The summed E-state index contributed by atoms with van der Waals surface area (Å²) in [7, 11) is 0. The first kappa shape index (κ1) is 35.2. The summed E-state index contributed by atoms with van der Waals surface area (Å²) in [5.74, 6) is 0.702. The maximum Gasteiger partial charge on any atom is 0.160 e. The quantitative estimate of drug-likeness (QED) is 0.174. The minimum absolute atomic E-state index is 0.185. The highest BCUT2D eigenvalue weighted by Crippen LogP contribution is 2.53. The van der Waals surface area contributed by atoms with Gasteiger partial charge in [-0.05, 0) is 87.6 Å². The van der Waals surface area contributed by atoms with Crippen LogP contribution in [0.25, 0.3) is 82.9 Å². The Morgan fingerprint density at radius 1 is 0.426 bits per heavy atom. The van der Waals surface area contributed by atoms with Crippen molar-refractivity contribution in [3.05, 3.63) is 217 Å². The SMILES string of the molecule is CC1(C)c2ccccc2N(c2ccccc2)c2cc(-c3cccc4c3c3c5ccccc5ccc3n4-c3cccc(-c4nc(-c5ccccc5)c5ccccc5n4)c3)ccc21. The Morgan fingerprint density at radius 3 is 1.97 bits per heavy atom. The summed E-state index contributed by atoms with van der Waals surface area (Å²) in [6, 6.07) is 74.3. The largest absolute Gasteiger partial charge is 0.310 e. The molecule has 0 saturated heterocycles. The van der Waals surface area contributed by atoms with Crippen molar-refractivity contribution in [3.63, 3.8) is 0 Å². The molecule has 0 N–H and O–H groups in total. The van der Waals surface area contributed by atoms with Gasteiger partial charge in [-0.1, -0.05) is 166 Å². The third kappa shape index (κ3) is 5.46. The minimum Gasteiger partial charge on any atom is -0.310 e. The number of rotatable bonds is 5. The lowest BCUT2D eigenvalue weighted by atomic mass is 9.73. The predicted octanol–water partition coefficient (Wildman–Crippen LogP) is 15.0. The van der Waals surface area contributed by atoms with Crippen LogP contribution < -0.4 is 4.90 Å². The molecule has 0 saturated carbocycles. The highest BCUT2D eigenvalue weighted by atomic mass is 15.2. The Balaban J connectivity index is 1.09. The van der Waals surface area contributed by atoms with Crippen molar-refractivity contribution in [1.29, 1.82) is 0 Å². The first-order valence-electron chi connectivity index (χ1n) is 21.0.